The van der Waals surface area contributed by atoms with Crippen LogP contribution in [0, 0.1) is 0 Å². The Bertz CT molecular complexity index is 822. The first kappa shape index (κ1) is 15.9. The van der Waals surface area contributed by atoms with Crippen molar-refractivity contribution in [3.8, 4) is 5.75 Å². The number of carbonyl (C=O) groups excluding carboxylic acids is 1. The zero-order chi connectivity index (χ0) is 17.2. The molecule has 1 aromatic heterocycles. The zero-order valence-electron chi connectivity index (χ0n) is 14.5. The molecular formula is C20H23N3O2. The number of fused-ring (bicyclic) bond motifs is 1. The monoisotopic (exact) mass is 337 g/mol. The molecule has 2 aliphatic rings. The Kier molecular flexibility index (Phi) is 4.30. The minimum Gasteiger partial charge on any atom is -0.496 e. The van der Waals surface area contributed by atoms with Crippen molar-refractivity contribution in [3.63, 3.8) is 0 Å². The summed E-state index contributed by atoms with van der Waals surface area (Å²) in [5, 5.41) is 3.02. The van der Waals surface area contributed by atoms with Crippen molar-refractivity contribution < 1.29 is 9.53 Å². The maximum atomic E-state index is 12.5. The van der Waals surface area contributed by atoms with E-state index in [1.165, 1.54) is 18.4 Å². The summed E-state index contributed by atoms with van der Waals surface area (Å²) in [6, 6.07) is 8.01. The van der Waals surface area contributed by atoms with E-state index >= 15 is 0 Å². The van der Waals surface area contributed by atoms with Crippen molar-refractivity contribution in [3.05, 3.63) is 53.1 Å². The molecule has 1 amide bonds. The summed E-state index contributed by atoms with van der Waals surface area (Å²) in [4.78, 5) is 20.5. The highest BCUT2D eigenvalue weighted by Crippen LogP contribution is 2.32. The van der Waals surface area contributed by atoms with E-state index in [2.05, 4.69) is 27.4 Å². The van der Waals surface area contributed by atoms with Crippen LogP contribution in [0.4, 0.5) is 0 Å². The number of allylic oxidation sites excluding steroid dienone is 2. The largest absolute Gasteiger partial charge is 0.496 e. The zero-order valence-corrected chi connectivity index (χ0v) is 14.5. The highest BCUT2D eigenvalue weighted by Gasteiger charge is 2.28. The van der Waals surface area contributed by atoms with Crippen LogP contribution in [0.3, 0.4) is 0 Å². The number of carbonyl (C=O) groups is 1. The second-order valence-corrected chi connectivity index (χ2v) is 6.74. The molecule has 1 aliphatic heterocycles. The molecule has 2 aromatic rings. The predicted molar refractivity (Wildman–Crippen MR) is 96.8 cm³/mol. The van der Waals surface area contributed by atoms with E-state index in [4.69, 9.17) is 4.74 Å². The SMILES string of the molecule is COc1ccccc1[C@H]1CNC(=O)c2nc(C3=CCCCC3)[nH]c2C1. The molecule has 0 unspecified atom stereocenters. The Labute approximate surface area is 147 Å². The van der Waals surface area contributed by atoms with E-state index in [-0.39, 0.29) is 11.8 Å². The molecule has 0 fully saturated rings. The van der Waals surface area contributed by atoms with Crippen LogP contribution in [0.5, 0.6) is 5.75 Å². The van der Waals surface area contributed by atoms with Crippen molar-refractivity contribution in [1.82, 2.24) is 15.3 Å². The molecule has 2 heterocycles. The summed E-state index contributed by atoms with van der Waals surface area (Å²) in [7, 11) is 1.68. The molecule has 2 N–H and O–H groups in total. The van der Waals surface area contributed by atoms with Crippen LogP contribution < -0.4 is 10.1 Å². The molecule has 5 heteroatoms. The molecule has 0 saturated carbocycles. The van der Waals surface area contributed by atoms with Gasteiger partial charge in [-0.15, -0.1) is 0 Å². The quantitative estimate of drug-likeness (QED) is 0.901. The number of hydrogen-bond acceptors (Lipinski definition) is 3. The van der Waals surface area contributed by atoms with Gasteiger partial charge in [0, 0.05) is 18.2 Å². The van der Waals surface area contributed by atoms with Gasteiger partial charge in [0.2, 0.25) is 0 Å². The third kappa shape index (κ3) is 3.06. The number of ether oxygens (including phenoxy) is 1. The average molecular weight is 337 g/mol. The smallest absolute Gasteiger partial charge is 0.271 e. The molecule has 0 saturated heterocycles. The van der Waals surface area contributed by atoms with Gasteiger partial charge in [0.1, 0.15) is 17.3 Å². The van der Waals surface area contributed by atoms with Crippen LogP contribution >= 0.6 is 0 Å². The number of imidazole rings is 1. The number of hydrogen-bond donors (Lipinski definition) is 2. The summed E-state index contributed by atoms with van der Waals surface area (Å²) in [6.07, 6.45) is 7.54. The Balaban J connectivity index is 1.68. The first-order valence-electron chi connectivity index (χ1n) is 8.95. The van der Waals surface area contributed by atoms with Gasteiger partial charge in [-0.1, -0.05) is 24.3 Å². The number of methoxy groups -OCH3 is 1. The molecule has 5 nitrogen and oxygen atoms in total. The van der Waals surface area contributed by atoms with Gasteiger partial charge in [0.15, 0.2) is 0 Å². The van der Waals surface area contributed by atoms with Gasteiger partial charge in [-0.2, -0.15) is 0 Å². The van der Waals surface area contributed by atoms with Crippen LogP contribution in [0.2, 0.25) is 0 Å². The Hall–Kier alpha value is -2.56. The third-order valence-electron chi connectivity index (χ3n) is 5.13. The highest BCUT2D eigenvalue weighted by atomic mass is 16.5. The number of nitrogens with one attached hydrogen (secondary N) is 2. The minimum absolute atomic E-state index is 0.0914. The summed E-state index contributed by atoms with van der Waals surface area (Å²) < 4.78 is 5.51. The van der Waals surface area contributed by atoms with E-state index in [0.717, 1.165) is 42.1 Å². The van der Waals surface area contributed by atoms with E-state index in [1.807, 2.05) is 18.2 Å². The standard InChI is InChI=1S/C20H23N3O2/c1-25-17-10-6-5-9-15(17)14-11-16-18(20(24)21-12-14)23-19(22-16)13-7-3-2-4-8-13/h5-7,9-10,14H,2-4,8,11-12H2,1H3,(H,21,24)(H,22,23)/t14-/m1/s1. The van der Waals surface area contributed by atoms with Gasteiger partial charge in [-0.3, -0.25) is 4.79 Å². The van der Waals surface area contributed by atoms with E-state index in [0.29, 0.717) is 12.2 Å². The lowest BCUT2D eigenvalue weighted by atomic mass is 9.93. The summed E-state index contributed by atoms with van der Waals surface area (Å²) >= 11 is 0. The van der Waals surface area contributed by atoms with Gasteiger partial charge < -0.3 is 15.0 Å². The van der Waals surface area contributed by atoms with Crippen LogP contribution in [-0.2, 0) is 6.42 Å². The molecule has 4 rings (SSSR count). The maximum absolute atomic E-state index is 12.5. The molecule has 25 heavy (non-hydrogen) atoms. The number of aromatic nitrogens is 2. The fraction of sp³-hybridized carbons (Fsp3) is 0.400. The Morgan fingerprint density at radius 3 is 2.92 bits per heavy atom. The molecule has 130 valence electrons. The Morgan fingerprint density at radius 2 is 2.12 bits per heavy atom. The van der Waals surface area contributed by atoms with Gasteiger partial charge in [-0.25, -0.2) is 4.98 Å². The van der Waals surface area contributed by atoms with Crippen molar-refractivity contribution in [2.45, 2.75) is 38.0 Å². The van der Waals surface area contributed by atoms with Crippen LogP contribution in [0.15, 0.2) is 30.3 Å². The lowest BCUT2D eigenvalue weighted by Crippen LogP contribution is -2.26. The Morgan fingerprint density at radius 1 is 1.24 bits per heavy atom. The lowest BCUT2D eigenvalue weighted by Gasteiger charge is -2.18. The fourth-order valence-electron chi connectivity index (χ4n) is 3.79. The van der Waals surface area contributed by atoms with Crippen LogP contribution in [0.25, 0.3) is 5.57 Å². The van der Waals surface area contributed by atoms with Crippen molar-refractivity contribution in [2.24, 2.45) is 0 Å². The van der Waals surface area contributed by atoms with E-state index in [9.17, 15) is 4.79 Å². The van der Waals surface area contributed by atoms with Crippen molar-refractivity contribution in [2.75, 3.05) is 13.7 Å². The molecule has 1 aliphatic carbocycles. The number of aromatic amines is 1. The predicted octanol–water partition coefficient (Wildman–Crippen LogP) is 3.45. The van der Waals surface area contributed by atoms with Crippen molar-refractivity contribution in [1.29, 1.82) is 0 Å². The molecule has 0 bridgehead atoms. The van der Waals surface area contributed by atoms with Crippen LogP contribution in [-0.4, -0.2) is 29.5 Å². The summed E-state index contributed by atoms with van der Waals surface area (Å²) in [6.45, 7) is 0.585. The molecule has 1 atom stereocenters. The number of benzene rings is 1. The van der Waals surface area contributed by atoms with Gasteiger partial charge in [-0.05, 0) is 49.3 Å². The maximum Gasteiger partial charge on any atom is 0.271 e. The lowest BCUT2D eigenvalue weighted by molar-refractivity contribution is 0.0950. The van der Waals surface area contributed by atoms with Crippen LogP contribution in [0.1, 0.15) is 59.2 Å². The number of para-hydroxylation sites is 1. The van der Waals surface area contributed by atoms with Crippen molar-refractivity contribution >= 4 is 11.5 Å². The van der Waals surface area contributed by atoms with Gasteiger partial charge in [0.05, 0.1) is 7.11 Å². The van der Waals surface area contributed by atoms with E-state index < -0.39 is 0 Å². The highest BCUT2D eigenvalue weighted by molar-refractivity contribution is 5.94. The van der Waals surface area contributed by atoms with E-state index in [1.54, 1.807) is 7.11 Å². The first-order chi connectivity index (χ1) is 12.3. The summed E-state index contributed by atoms with van der Waals surface area (Å²) in [5.74, 6) is 1.79. The second kappa shape index (κ2) is 6.75. The topological polar surface area (TPSA) is 67.0 Å². The molecular weight excluding hydrogens is 314 g/mol. The molecule has 1 aromatic carbocycles. The number of nitrogens with zero attached hydrogens (tertiary/aromatic N) is 1. The molecule has 0 radical (unpaired) electrons. The third-order valence-corrected chi connectivity index (χ3v) is 5.13. The number of H-pyrrole nitrogens is 1. The normalized spacial score (nSPS) is 20.3. The van der Waals surface area contributed by atoms with Gasteiger partial charge >= 0.3 is 0 Å². The van der Waals surface area contributed by atoms with Gasteiger partial charge in [0.25, 0.3) is 5.91 Å². The number of amides is 1. The number of rotatable bonds is 3. The second-order valence-electron chi connectivity index (χ2n) is 6.74. The molecule has 0 spiro atoms. The first-order valence-corrected chi connectivity index (χ1v) is 8.95. The summed E-state index contributed by atoms with van der Waals surface area (Å²) in [5.41, 5.74) is 3.82. The minimum atomic E-state index is -0.0914. The average Bonchev–Trinajstić information content (AvgIpc) is 3.03. The fourth-order valence-corrected chi connectivity index (χ4v) is 3.79.